The summed E-state index contributed by atoms with van der Waals surface area (Å²) in [5.74, 6) is 0.310. The molecule has 3 rings (SSSR count). The molecule has 1 aromatic carbocycles. The first-order valence-corrected chi connectivity index (χ1v) is 9.95. The molecule has 25 heavy (non-hydrogen) atoms. The van der Waals surface area contributed by atoms with Gasteiger partial charge in [-0.25, -0.2) is 4.98 Å². The second kappa shape index (κ2) is 8.63. The molecular formula is C19H27N3O2S. The zero-order valence-electron chi connectivity index (χ0n) is 15.0. The lowest BCUT2D eigenvalue weighted by Crippen LogP contribution is -2.40. The van der Waals surface area contributed by atoms with Crippen LogP contribution in [0.15, 0.2) is 24.3 Å². The third-order valence-electron chi connectivity index (χ3n) is 4.49. The molecule has 0 unspecified atom stereocenters. The molecule has 1 N–H and O–H groups in total. The highest BCUT2D eigenvalue weighted by atomic mass is 32.1. The number of ether oxygens (including phenoxy) is 1. The highest BCUT2D eigenvalue weighted by molar-refractivity contribution is 7.22. The molecule has 136 valence electrons. The van der Waals surface area contributed by atoms with E-state index >= 15 is 0 Å². The Labute approximate surface area is 153 Å². The summed E-state index contributed by atoms with van der Waals surface area (Å²) in [5.41, 5.74) is 1.06. The van der Waals surface area contributed by atoms with Gasteiger partial charge in [0.15, 0.2) is 5.13 Å². The maximum absolute atomic E-state index is 12.3. The van der Waals surface area contributed by atoms with Crippen LogP contribution in [0.5, 0.6) is 0 Å². The summed E-state index contributed by atoms with van der Waals surface area (Å²) in [6.45, 7) is 7.25. The number of hydrogen-bond acceptors (Lipinski definition) is 5. The zero-order valence-corrected chi connectivity index (χ0v) is 15.8. The van der Waals surface area contributed by atoms with Gasteiger partial charge in [0.05, 0.1) is 16.3 Å². The second-order valence-electron chi connectivity index (χ2n) is 6.79. The molecular weight excluding hydrogens is 334 g/mol. The maximum Gasteiger partial charge on any atom is 0.223 e. The van der Waals surface area contributed by atoms with E-state index in [1.165, 1.54) is 4.70 Å². The Morgan fingerprint density at radius 1 is 1.36 bits per heavy atom. The van der Waals surface area contributed by atoms with Gasteiger partial charge in [-0.2, -0.15) is 0 Å². The Morgan fingerprint density at radius 2 is 2.12 bits per heavy atom. The Kier molecular flexibility index (Phi) is 6.26. The summed E-state index contributed by atoms with van der Waals surface area (Å²) in [4.78, 5) is 19.3. The first kappa shape index (κ1) is 18.1. The number of carbonyl (C=O) groups is 1. The lowest BCUT2D eigenvalue weighted by molar-refractivity contribution is -0.125. The first-order valence-electron chi connectivity index (χ1n) is 9.13. The van der Waals surface area contributed by atoms with Crippen LogP contribution in [0.4, 0.5) is 5.13 Å². The van der Waals surface area contributed by atoms with Gasteiger partial charge in [-0.3, -0.25) is 4.79 Å². The summed E-state index contributed by atoms with van der Waals surface area (Å²) in [6.07, 6.45) is 2.91. The number of piperidine rings is 1. The number of carbonyl (C=O) groups excluding carboxylic acids is 1. The Balaban J connectivity index is 1.42. The number of amides is 1. The number of para-hydroxylation sites is 1. The number of fused-ring (bicyclic) bond motifs is 1. The summed E-state index contributed by atoms with van der Waals surface area (Å²) in [6, 6.07) is 8.24. The van der Waals surface area contributed by atoms with Crippen LogP contribution in [-0.2, 0) is 9.53 Å². The SMILES string of the molecule is CC(C)OCCCNC(=O)C1CCN(c2nc3ccccc3s2)CC1. The third-order valence-corrected chi connectivity index (χ3v) is 5.59. The standard InChI is InChI=1S/C19H27N3O2S/c1-14(2)24-13-5-10-20-18(23)15-8-11-22(12-9-15)19-21-16-6-3-4-7-17(16)25-19/h3-4,6-7,14-15H,5,8-13H2,1-2H3,(H,20,23). The molecule has 1 saturated heterocycles. The van der Waals surface area contributed by atoms with Crippen LogP contribution in [0.3, 0.4) is 0 Å². The molecule has 0 radical (unpaired) electrons. The number of hydrogen-bond donors (Lipinski definition) is 1. The summed E-state index contributed by atoms with van der Waals surface area (Å²) >= 11 is 1.74. The van der Waals surface area contributed by atoms with E-state index in [-0.39, 0.29) is 17.9 Å². The molecule has 0 bridgehead atoms. The maximum atomic E-state index is 12.3. The van der Waals surface area contributed by atoms with Crippen molar-refractivity contribution in [3.63, 3.8) is 0 Å². The van der Waals surface area contributed by atoms with Crippen LogP contribution in [0.2, 0.25) is 0 Å². The number of thiazole rings is 1. The molecule has 1 aromatic heterocycles. The molecule has 0 aliphatic carbocycles. The van der Waals surface area contributed by atoms with Gasteiger partial charge in [-0.05, 0) is 45.2 Å². The van der Waals surface area contributed by atoms with Crippen LogP contribution in [0.1, 0.15) is 33.1 Å². The Hall–Kier alpha value is -1.66. The number of nitrogens with one attached hydrogen (secondary N) is 1. The van der Waals surface area contributed by atoms with Gasteiger partial charge in [0.2, 0.25) is 5.91 Å². The minimum Gasteiger partial charge on any atom is -0.379 e. The van der Waals surface area contributed by atoms with E-state index in [9.17, 15) is 4.79 Å². The molecule has 2 heterocycles. The van der Waals surface area contributed by atoms with Crippen molar-refractivity contribution in [2.24, 2.45) is 5.92 Å². The van der Waals surface area contributed by atoms with Crippen molar-refractivity contribution in [2.75, 3.05) is 31.1 Å². The number of anilines is 1. The molecule has 0 saturated carbocycles. The van der Waals surface area contributed by atoms with Crippen LogP contribution in [0, 0.1) is 5.92 Å². The predicted octanol–water partition coefficient (Wildman–Crippen LogP) is 3.44. The van der Waals surface area contributed by atoms with Crippen LogP contribution in [0.25, 0.3) is 10.2 Å². The van der Waals surface area contributed by atoms with Gasteiger partial charge in [0, 0.05) is 32.2 Å². The minimum atomic E-state index is 0.122. The minimum absolute atomic E-state index is 0.122. The van der Waals surface area contributed by atoms with E-state index in [2.05, 4.69) is 22.3 Å². The highest BCUT2D eigenvalue weighted by Crippen LogP contribution is 2.31. The van der Waals surface area contributed by atoms with Crippen molar-refractivity contribution >= 4 is 32.6 Å². The monoisotopic (exact) mass is 361 g/mol. The quantitative estimate of drug-likeness (QED) is 0.768. The van der Waals surface area contributed by atoms with E-state index < -0.39 is 0 Å². The van der Waals surface area contributed by atoms with Crippen molar-refractivity contribution < 1.29 is 9.53 Å². The average Bonchev–Trinajstić information content (AvgIpc) is 3.05. The fourth-order valence-electron chi connectivity index (χ4n) is 3.08. The van der Waals surface area contributed by atoms with E-state index in [1.54, 1.807) is 11.3 Å². The largest absolute Gasteiger partial charge is 0.379 e. The Bertz CT molecular complexity index is 660. The Morgan fingerprint density at radius 3 is 2.84 bits per heavy atom. The molecule has 2 aromatic rings. The lowest BCUT2D eigenvalue weighted by Gasteiger charge is -2.31. The predicted molar refractivity (Wildman–Crippen MR) is 103 cm³/mol. The molecule has 1 aliphatic heterocycles. The van der Waals surface area contributed by atoms with Gasteiger partial charge in [0.1, 0.15) is 0 Å². The first-order chi connectivity index (χ1) is 12.1. The molecule has 5 nitrogen and oxygen atoms in total. The van der Waals surface area contributed by atoms with Gasteiger partial charge >= 0.3 is 0 Å². The highest BCUT2D eigenvalue weighted by Gasteiger charge is 2.26. The molecule has 1 fully saturated rings. The van der Waals surface area contributed by atoms with Gasteiger partial charge < -0.3 is 15.0 Å². The summed E-state index contributed by atoms with van der Waals surface area (Å²) < 4.78 is 6.72. The molecule has 0 spiro atoms. The molecule has 0 atom stereocenters. The van der Waals surface area contributed by atoms with Crippen molar-refractivity contribution in [2.45, 2.75) is 39.2 Å². The number of nitrogens with zero attached hydrogens (tertiary/aromatic N) is 2. The smallest absolute Gasteiger partial charge is 0.223 e. The molecule has 1 amide bonds. The average molecular weight is 362 g/mol. The summed E-state index contributed by atoms with van der Waals surface area (Å²) in [7, 11) is 0. The van der Waals surface area contributed by atoms with Gasteiger partial charge in [-0.15, -0.1) is 0 Å². The number of benzene rings is 1. The fourth-order valence-corrected chi connectivity index (χ4v) is 4.09. The van der Waals surface area contributed by atoms with E-state index in [0.717, 1.165) is 43.0 Å². The van der Waals surface area contributed by atoms with E-state index in [4.69, 9.17) is 9.72 Å². The topological polar surface area (TPSA) is 54.5 Å². The fraction of sp³-hybridized carbons (Fsp3) is 0.579. The van der Waals surface area contributed by atoms with E-state index in [0.29, 0.717) is 13.2 Å². The van der Waals surface area contributed by atoms with Gasteiger partial charge in [0.25, 0.3) is 0 Å². The zero-order chi connectivity index (χ0) is 17.6. The van der Waals surface area contributed by atoms with Crippen molar-refractivity contribution in [3.8, 4) is 0 Å². The summed E-state index contributed by atoms with van der Waals surface area (Å²) in [5, 5.41) is 4.13. The van der Waals surface area contributed by atoms with Crippen LogP contribution >= 0.6 is 11.3 Å². The molecule has 6 heteroatoms. The number of aromatic nitrogens is 1. The third kappa shape index (κ3) is 4.92. The van der Waals surface area contributed by atoms with Crippen molar-refractivity contribution in [3.05, 3.63) is 24.3 Å². The van der Waals surface area contributed by atoms with Crippen molar-refractivity contribution in [1.29, 1.82) is 0 Å². The molecule has 1 aliphatic rings. The van der Waals surface area contributed by atoms with Gasteiger partial charge in [-0.1, -0.05) is 23.5 Å². The lowest BCUT2D eigenvalue weighted by atomic mass is 9.96. The number of rotatable bonds is 7. The van der Waals surface area contributed by atoms with Crippen LogP contribution in [-0.4, -0.2) is 43.2 Å². The second-order valence-corrected chi connectivity index (χ2v) is 7.80. The van der Waals surface area contributed by atoms with Crippen LogP contribution < -0.4 is 10.2 Å². The van der Waals surface area contributed by atoms with Crippen molar-refractivity contribution in [1.82, 2.24) is 10.3 Å². The normalized spacial score (nSPS) is 15.9. The van der Waals surface area contributed by atoms with E-state index in [1.807, 2.05) is 26.0 Å².